The van der Waals surface area contributed by atoms with E-state index in [0.29, 0.717) is 11.1 Å². The maximum Gasteiger partial charge on any atom is 0.197 e. The minimum absolute atomic E-state index is 0.0622. The molecule has 0 spiro atoms. The monoisotopic (exact) mass is 388 g/mol. The number of halogens is 1. The Morgan fingerprint density at radius 2 is 1.68 bits per heavy atom. The third-order valence-electron chi connectivity index (χ3n) is 4.85. The lowest BCUT2D eigenvalue weighted by molar-refractivity contribution is 0.0990. The van der Waals surface area contributed by atoms with E-state index in [2.05, 4.69) is 0 Å². The zero-order valence-corrected chi connectivity index (χ0v) is 15.6. The van der Waals surface area contributed by atoms with Crippen LogP contribution in [0.25, 0.3) is 27.7 Å². The molecule has 0 radical (unpaired) electrons. The van der Waals surface area contributed by atoms with E-state index in [1.54, 1.807) is 13.0 Å². The van der Waals surface area contributed by atoms with E-state index < -0.39 is 11.6 Å². The van der Waals surface area contributed by atoms with Gasteiger partial charge in [-0.1, -0.05) is 30.3 Å². The lowest BCUT2D eigenvalue weighted by atomic mass is 10.1. The Morgan fingerprint density at radius 1 is 0.964 bits per heavy atom. The van der Waals surface area contributed by atoms with Gasteiger partial charge in [0.05, 0.1) is 10.3 Å². The number of thiophene rings is 1. The second-order valence-electron chi connectivity index (χ2n) is 6.72. The van der Waals surface area contributed by atoms with E-state index in [1.165, 1.54) is 17.4 Å². The molecule has 0 saturated carbocycles. The molecule has 0 bridgehead atoms. The molecule has 4 aromatic rings. The van der Waals surface area contributed by atoms with Gasteiger partial charge in [-0.05, 0) is 36.8 Å². The molecule has 3 nitrogen and oxygen atoms in total. The van der Waals surface area contributed by atoms with Crippen LogP contribution in [0.3, 0.4) is 0 Å². The average molecular weight is 388 g/mol. The first kappa shape index (κ1) is 16.8. The summed E-state index contributed by atoms with van der Waals surface area (Å²) in [6, 6.07) is 16.1. The van der Waals surface area contributed by atoms with Crippen molar-refractivity contribution >= 4 is 39.3 Å². The van der Waals surface area contributed by atoms with Crippen LogP contribution in [0.2, 0.25) is 0 Å². The Kier molecular flexibility index (Phi) is 3.67. The zero-order valence-electron chi connectivity index (χ0n) is 14.8. The van der Waals surface area contributed by atoms with Gasteiger partial charge in [0.1, 0.15) is 17.2 Å². The Balaban J connectivity index is 1.53. The Morgan fingerprint density at radius 3 is 2.39 bits per heavy atom. The van der Waals surface area contributed by atoms with Gasteiger partial charge in [0.2, 0.25) is 0 Å². The van der Waals surface area contributed by atoms with Crippen LogP contribution in [0.15, 0.2) is 64.6 Å². The van der Waals surface area contributed by atoms with Crippen LogP contribution in [0, 0.1) is 12.7 Å². The summed E-state index contributed by atoms with van der Waals surface area (Å²) in [4.78, 5) is 26.0. The molecule has 0 amide bonds. The molecule has 28 heavy (non-hydrogen) atoms. The van der Waals surface area contributed by atoms with Crippen molar-refractivity contribution in [3.05, 3.63) is 87.6 Å². The molecule has 5 heteroatoms. The van der Waals surface area contributed by atoms with Crippen molar-refractivity contribution < 1.29 is 18.4 Å². The molecular formula is C23H13FO3S. The average Bonchev–Trinajstić information content (AvgIpc) is 3.31. The number of furan rings is 1. The first-order valence-corrected chi connectivity index (χ1v) is 9.53. The number of carbonyl (C=O) groups is 2. The largest absolute Gasteiger partial charge is 0.455 e. The summed E-state index contributed by atoms with van der Waals surface area (Å²) < 4.78 is 20.7. The van der Waals surface area contributed by atoms with Crippen molar-refractivity contribution in [3.8, 4) is 11.3 Å². The molecule has 0 N–H and O–H groups in total. The van der Waals surface area contributed by atoms with Gasteiger partial charge in [0.15, 0.2) is 11.6 Å². The van der Waals surface area contributed by atoms with Crippen molar-refractivity contribution in [2.45, 2.75) is 6.92 Å². The van der Waals surface area contributed by atoms with E-state index in [-0.39, 0.29) is 22.5 Å². The third-order valence-corrected chi connectivity index (χ3v) is 5.86. The smallest absolute Gasteiger partial charge is 0.197 e. The lowest BCUT2D eigenvalue weighted by Gasteiger charge is -1.99. The molecular weight excluding hydrogens is 375 g/mol. The summed E-state index contributed by atoms with van der Waals surface area (Å²) in [5.74, 6) is -0.511. The molecule has 5 rings (SSSR count). The van der Waals surface area contributed by atoms with Gasteiger partial charge in [-0.15, -0.1) is 11.3 Å². The van der Waals surface area contributed by atoms with Crippen LogP contribution in [0.4, 0.5) is 4.39 Å². The normalized spacial score (nSPS) is 15.0. The minimum atomic E-state index is -0.483. The van der Waals surface area contributed by atoms with Crippen LogP contribution in [-0.4, -0.2) is 11.6 Å². The topological polar surface area (TPSA) is 47.3 Å². The molecule has 2 aromatic carbocycles. The predicted octanol–water partition coefficient (Wildman–Crippen LogP) is 6.07. The van der Waals surface area contributed by atoms with Crippen LogP contribution < -0.4 is 0 Å². The highest BCUT2D eigenvalue weighted by Crippen LogP contribution is 2.36. The number of rotatable bonds is 2. The molecule has 0 fully saturated rings. The Labute approximate surface area is 163 Å². The predicted molar refractivity (Wildman–Crippen MR) is 107 cm³/mol. The van der Waals surface area contributed by atoms with Crippen LogP contribution in [0.1, 0.15) is 31.2 Å². The number of hydrogen-bond donors (Lipinski definition) is 0. The van der Waals surface area contributed by atoms with Crippen molar-refractivity contribution in [2.75, 3.05) is 0 Å². The van der Waals surface area contributed by atoms with Gasteiger partial charge in [0, 0.05) is 27.6 Å². The van der Waals surface area contributed by atoms with Gasteiger partial charge in [-0.3, -0.25) is 9.59 Å². The Hall–Kier alpha value is -3.31. The molecule has 2 aromatic heterocycles. The van der Waals surface area contributed by atoms with Crippen molar-refractivity contribution in [2.24, 2.45) is 0 Å². The second-order valence-corrected chi connectivity index (χ2v) is 7.83. The number of Topliss-reactive ketones (excluding diaryl/α,β-unsaturated/α-hetero) is 2. The highest BCUT2D eigenvalue weighted by Gasteiger charge is 2.34. The molecule has 1 aliphatic carbocycles. The molecule has 0 saturated heterocycles. The van der Waals surface area contributed by atoms with E-state index in [9.17, 15) is 14.0 Å². The molecule has 136 valence electrons. The maximum absolute atomic E-state index is 13.8. The van der Waals surface area contributed by atoms with Gasteiger partial charge >= 0.3 is 0 Å². The first-order valence-electron chi connectivity index (χ1n) is 8.71. The van der Waals surface area contributed by atoms with Gasteiger partial charge in [-0.25, -0.2) is 4.39 Å². The summed E-state index contributed by atoms with van der Waals surface area (Å²) in [5.41, 5.74) is 2.50. The fraction of sp³-hybridized carbons (Fsp3) is 0.0435. The number of carbonyl (C=O) groups excluding carboxylic acids is 2. The first-order chi connectivity index (χ1) is 13.5. The Bertz CT molecular complexity index is 1230. The minimum Gasteiger partial charge on any atom is -0.455 e. The SMILES string of the molecule is Cc1cc2c(cc1F)C(=O)/C(=C\c1cc3oc(-c4ccccc4)cc3s1)C2=O. The van der Waals surface area contributed by atoms with Crippen LogP contribution in [0.5, 0.6) is 0 Å². The summed E-state index contributed by atoms with van der Waals surface area (Å²) in [5, 5.41) is 0. The van der Waals surface area contributed by atoms with Crippen molar-refractivity contribution in [1.82, 2.24) is 0 Å². The van der Waals surface area contributed by atoms with E-state index in [0.717, 1.165) is 27.0 Å². The summed E-state index contributed by atoms with van der Waals surface area (Å²) in [7, 11) is 0. The fourth-order valence-electron chi connectivity index (χ4n) is 3.39. The fourth-order valence-corrected chi connectivity index (χ4v) is 4.36. The number of ketones is 2. The quantitative estimate of drug-likeness (QED) is 0.309. The molecule has 2 heterocycles. The van der Waals surface area contributed by atoms with E-state index in [4.69, 9.17) is 4.42 Å². The zero-order chi connectivity index (χ0) is 19.4. The summed E-state index contributed by atoms with van der Waals surface area (Å²) in [6.45, 7) is 1.58. The number of aryl methyl sites for hydroxylation is 1. The van der Waals surface area contributed by atoms with Gasteiger partial charge in [-0.2, -0.15) is 0 Å². The van der Waals surface area contributed by atoms with E-state index >= 15 is 0 Å². The number of hydrogen-bond acceptors (Lipinski definition) is 4. The van der Waals surface area contributed by atoms with Gasteiger partial charge in [0.25, 0.3) is 0 Å². The van der Waals surface area contributed by atoms with Crippen LogP contribution >= 0.6 is 11.3 Å². The lowest BCUT2D eigenvalue weighted by Crippen LogP contribution is -1.99. The van der Waals surface area contributed by atoms with Crippen molar-refractivity contribution in [3.63, 3.8) is 0 Å². The highest BCUT2D eigenvalue weighted by atomic mass is 32.1. The van der Waals surface area contributed by atoms with Gasteiger partial charge < -0.3 is 4.42 Å². The maximum atomic E-state index is 13.8. The third kappa shape index (κ3) is 2.55. The number of fused-ring (bicyclic) bond motifs is 2. The molecule has 0 aliphatic heterocycles. The standard InChI is InChI=1S/C23H13FO3S/c1-12-7-15-16(10-18(12)24)23(26)17(22(15)25)8-14-9-20-21(28-14)11-19(27-20)13-5-3-2-4-6-13/h2-11H,1H3/b17-8-. The number of benzene rings is 2. The van der Waals surface area contributed by atoms with Crippen LogP contribution in [-0.2, 0) is 0 Å². The van der Waals surface area contributed by atoms with Crippen molar-refractivity contribution in [1.29, 1.82) is 0 Å². The molecule has 1 aliphatic rings. The highest BCUT2D eigenvalue weighted by molar-refractivity contribution is 7.19. The molecule has 0 atom stereocenters. The molecule has 0 unspecified atom stereocenters. The van der Waals surface area contributed by atoms with E-state index in [1.807, 2.05) is 42.5 Å². The number of allylic oxidation sites excluding steroid dienone is 1. The second kappa shape index (κ2) is 6.11. The summed E-state index contributed by atoms with van der Waals surface area (Å²) >= 11 is 1.44. The summed E-state index contributed by atoms with van der Waals surface area (Å²) in [6.07, 6.45) is 1.57.